The Kier molecular flexibility index (Phi) is 6.61. The first-order chi connectivity index (χ1) is 12.8. The molecule has 27 heavy (non-hydrogen) atoms. The maximum atomic E-state index is 6.00. The van der Waals surface area contributed by atoms with Crippen molar-refractivity contribution in [3.05, 3.63) is 41.5 Å². The minimum atomic E-state index is -0.313. The van der Waals surface area contributed by atoms with Crippen molar-refractivity contribution < 1.29 is 23.7 Å². The van der Waals surface area contributed by atoms with Crippen LogP contribution in [0.4, 0.5) is 0 Å². The highest BCUT2D eigenvalue weighted by Gasteiger charge is 2.16. The standard InChI is InChI=1S/C22H28O5/c1-22(2,3)27-18-12-15(10-11-17(18)23-4)8-9-16-13-19(24-5)21(26-7)20(14-16)25-6/h8-14H,1-7H3/b9-8-. The average Bonchev–Trinajstić information content (AvgIpc) is 2.64. The Labute approximate surface area is 161 Å². The zero-order chi connectivity index (χ0) is 20.0. The van der Waals surface area contributed by atoms with Gasteiger partial charge in [-0.3, -0.25) is 0 Å². The molecular weight excluding hydrogens is 344 g/mol. The van der Waals surface area contributed by atoms with Crippen molar-refractivity contribution >= 4 is 12.2 Å². The SMILES string of the molecule is COc1ccc(/C=C\c2cc(OC)c(OC)c(OC)c2)cc1OC(C)(C)C. The van der Waals surface area contributed by atoms with Crippen LogP contribution in [0.25, 0.3) is 12.2 Å². The van der Waals surface area contributed by atoms with Gasteiger partial charge in [0.25, 0.3) is 0 Å². The summed E-state index contributed by atoms with van der Waals surface area (Å²) in [5.74, 6) is 3.21. The molecule has 0 saturated heterocycles. The quantitative estimate of drug-likeness (QED) is 0.635. The van der Waals surface area contributed by atoms with Crippen LogP contribution in [0.1, 0.15) is 31.9 Å². The molecule has 5 nitrogen and oxygen atoms in total. The fourth-order valence-electron chi connectivity index (χ4n) is 2.60. The molecule has 0 saturated carbocycles. The van der Waals surface area contributed by atoms with E-state index in [1.54, 1.807) is 28.4 Å². The van der Waals surface area contributed by atoms with Gasteiger partial charge in [-0.15, -0.1) is 0 Å². The van der Waals surface area contributed by atoms with E-state index in [0.717, 1.165) is 11.1 Å². The van der Waals surface area contributed by atoms with Gasteiger partial charge in [0, 0.05) is 0 Å². The van der Waals surface area contributed by atoms with E-state index in [9.17, 15) is 0 Å². The maximum absolute atomic E-state index is 6.00. The molecule has 2 aromatic rings. The van der Waals surface area contributed by atoms with Crippen molar-refractivity contribution in [2.24, 2.45) is 0 Å². The van der Waals surface area contributed by atoms with Crippen molar-refractivity contribution in [1.82, 2.24) is 0 Å². The molecule has 0 bridgehead atoms. The molecule has 0 heterocycles. The second-order valence-electron chi connectivity index (χ2n) is 6.92. The van der Waals surface area contributed by atoms with Crippen LogP contribution in [0.5, 0.6) is 28.7 Å². The van der Waals surface area contributed by atoms with E-state index in [2.05, 4.69) is 0 Å². The predicted octanol–water partition coefficient (Wildman–Crippen LogP) is 5.07. The van der Waals surface area contributed by atoms with Gasteiger partial charge >= 0.3 is 0 Å². The summed E-state index contributed by atoms with van der Waals surface area (Å²) in [6.45, 7) is 6.01. The van der Waals surface area contributed by atoms with Crippen molar-refractivity contribution in [2.45, 2.75) is 26.4 Å². The first-order valence-corrected chi connectivity index (χ1v) is 8.66. The van der Waals surface area contributed by atoms with Crippen molar-refractivity contribution in [3.8, 4) is 28.7 Å². The Morgan fingerprint density at radius 2 is 1.15 bits per heavy atom. The molecular formula is C22H28O5. The highest BCUT2D eigenvalue weighted by Crippen LogP contribution is 2.39. The van der Waals surface area contributed by atoms with Gasteiger partial charge in [0.15, 0.2) is 23.0 Å². The Balaban J connectivity index is 2.36. The molecule has 0 spiro atoms. The number of benzene rings is 2. The van der Waals surface area contributed by atoms with Crippen LogP contribution in [-0.2, 0) is 0 Å². The molecule has 2 rings (SSSR count). The summed E-state index contributed by atoms with van der Waals surface area (Å²) >= 11 is 0. The molecule has 0 amide bonds. The van der Waals surface area contributed by atoms with Crippen molar-refractivity contribution in [2.75, 3.05) is 28.4 Å². The smallest absolute Gasteiger partial charge is 0.203 e. The fourth-order valence-corrected chi connectivity index (χ4v) is 2.60. The molecule has 0 aliphatic heterocycles. The van der Waals surface area contributed by atoms with Crippen LogP contribution in [0.3, 0.4) is 0 Å². The maximum Gasteiger partial charge on any atom is 0.203 e. The minimum Gasteiger partial charge on any atom is -0.493 e. The average molecular weight is 372 g/mol. The third-order valence-electron chi connectivity index (χ3n) is 3.76. The fraction of sp³-hybridized carbons (Fsp3) is 0.364. The van der Waals surface area contributed by atoms with E-state index in [0.29, 0.717) is 28.7 Å². The van der Waals surface area contributed by atoms with Gasteiger partial charge in [-0.2, -0.15) is 0 Å². The summed E-state index contributed by atoms with van der Waals surface area (Å²) in [6, 6.07) is 9.62. The Morgan fingerprint density at radius 1 is 0.630 bits per heavy atom. The summed E-state index contributed by atoms with van der Waals surface area (Å²) in [4.78, 5) is 0. The molecule has 0 aliphatic carbocycles. The Hall–Kier alpha value is -2.82. The second-order valence-corrected chi connectivity index (χ2v) is 6.92. The predicted molar refractivity (Wildman–Crippen MR) is 108 cm³/mol. The molecule has 0 unspecified atom stereocenters. The lowest BCUT2D eigenvalue weighted by Crippen LogP contribution is -2.23. The lowest BCUT2D eigenvalue weighted by molar-refractivity contribution is 0.125. The van der Waals surface area contributed by atoms with E-state index in [1.807, 2.05) is 63.3 Å². The topological polar surface area (TPSA) is 46.2 Å². The number of hydrogen-bond acceptors (Lipinski definition) is 5. The van der Waals surface area contributed by atoms with Gasteiger partial charge in [-0.25, -0.2) is 0 Å². The number of methoxy groups -OCH3 is 4. The molecule has 5 heteroatoms. The molecule has 2 aromatic carbocycles. The highest BCUT2D eigenvalue weighted by atomic mass is 16.5. The highest BCUT2D eigenvalue weighted by molar-refractivity contribution is 5.73. The molecule has 0 atom stereocenters. The van der Waals surface area contributed by atoms with E-state index in [4.69, 9.17) is 23.7 Å². The third kappa shape index (κ3) is 5.33. The van der Waals surface area contributed by atoms with E-state index in [1.165, 1.54) is 0 Å². The van der Waals surface area contributed by atoms with Crippen LogP contribution >= 0.6 is 0 Å². The zero-order valence-corrected chi connectivity index (χ0v) is 17.1. The third-order valence-corrected chi connectivity index (χ3v) is 3.76. The van der Waals surface area contributed by atoms with Crippen LogP contribution in [-0.4, -0.2) is 34.0 Å². The number of rotatable bonds is 7. The molecule has 0 N–H and O–H groups in total. The Morgan fingerprint density at radius 3 is 1.63 bits per heavy atom. The van der Waals surface area contributed by atoms with Crippen molar-refractivity contribution in [3.63, 3.8) is 0 Å². The van der Waals surface area contributed by atoms with Gasteiger partial charge in [0.1, 0.15) is 5.60 Å². The largest absolute Gasteiger partial charge is 0.493 e. The monoisotopic (exact) mass is 372 g/mol. The summed E-state index contributed by atoms with van der Waals surface area (Å²) in [5, 5.41) is 0. The summed E-state index contributed by atoms with van der Waals surface area (Å²) in [7, 11) is 6.43. The zero-order valence-electron chi connectivity index (χ0n) is 17.1. The molecule has 0 aliphatic rings. The summed E-state index contributed by atoms with van der Waals surface area (Å²) in [6.07, 6.45) is 3.98. The van der Waals surface area contributed by atoms with Crippen LogP contribution in [0.15, 0.2) is 30.3 Å². The van der Waals surface area contributed by atoms with Crippen LogP contribution < -0.4 is 23.7 Å². The van der Waals surface area contributed by atoms with Crippen LogP contribution in [0, 0.1) is 0 Å². The van der Waals surface area contributed by atoms with Gasteiger partial charge < -0.3 is 23.7 Å². The van der Waals surface area contributed by atoms with E-state index < -0.39 is 0 Å². The normalized spacial score (nSPS) is 11.4. The van der Waals surface area contributed by atoms with Gasteiger partial charge in [0.2, 0.25) is 5.75 Å². The first kappa shape index (κ1) is 20.5. The molecule has 0 fully saturated rings. The minimum absolute atomic E-state index is 0.313. The molecule has 146 valence electrons. The summed E-state index contributed by atoms with van der Waals surface area (Å²) in [5.41, 5.74) is 1.61. The van der Waals surface area contributed by atoms with Gasteiger partial charge in [-0.05, 0) is 56.2 Å². The van der Waals surface area contributed by atoms with E-state index in [-0.39, 0.29) is 5.60 Å². The number of ether oxygens (including phenoxy) is 5. The van der Waals surface area contributed by atoms with Gasteiger partial charge in [-0.1, -0.05) is 18.2 Å². The summed E-state index contributed by atoms with van der Waals surface area (Å²) < 4.78 is 27.6. The number of hydrogen-bond donors (Lipinski definition) is 0. The van der Waals surface area contributed by atoms with Crippen LogP contribution in [0.2, 0.25) is 0 Å². The first-order valence-electron chi connectivity index (χ1n) is 8.66. The lowest BCUT2D eigenvalue weighted by atomic mass is 10.1. The second kappa shape index (κ2) is 8.71. The molecule has 0 radical (unpaired) electrons. The van der Waals surface area contributed by atoms with Crippen molar-refractivity contribution in [1.29, 1.82) is 0 Å². The lowest BCUT2D eigenvalue weighted by Gasteiger charge is -2.23. The molecule has 0 aromatic heterocycles. The Bertz CT molecular complexity index is 778. The van der Waals surface area contributed by atoms with E-state index >= 15 is 0 Å². The van der Waals surface area contributed by atoms with Gasteiger partial charge in [0.05, 0.1) is 28.4 Å².